The molecule has 0 aliphatic carbocycles. The Hall–Kier alpha value is -1.84. The van der Waals surface area contributed by atoms with Crippen LogP contribution in [0.2, 0.25) is 0 Å². The zero-order valence-electron chi connectivity index (χ0n) is 12.0. The van der Waals surface area contributed by atoms with Gasteiger partial charge >= 0.3 is 0 Å². The molecule has 106 valence electrons. The van der Waals surface area contributed by atoms with Crippen LogP contribution in [0.1, 0.15) is 25.2 Å². The Kier molecular flexibility index (Phi) is 4.77. The fourth-order valence-corrected chi connectivity index (χ4v) is 2.06. The van der Waals surface area contributed by atoms with E-state index in [4.69, 9.17) is 4.42 Å². The van der Waals surface area contributed by atoms with Gasteiger partial charge in [-0.05, 0) is 31.5 Å². The first-order chi connectivity index (χ1) is 9.58. The van der Waals surface area contributed by atoms with Gasteiger partial charge in [-0.25, -0.2) is 0 Å². The molecule has 0 fully saturated rings. The molecular weight excluding hydrogens is 250 g/mol. The molecule has 2 rings (SSSR count). The van der Waals surface area contributed by atoms with Crippen molar-refractivity contribution in [2.24, 2.45) is 0 Å². The summed E-state index contributed by atoms with van der Waals surface area (Å²) >= 11 is 0. The Bertz CT molecular complexity index is 542. The molecule has 1 aromatic carbocycles. The number of benzene rings is 1. The lowest BCUT2D eigenvalue weighted by Crippen LogP contribution is -2.35. The van der Waals surface area contributed by atoms with Gasteiger partial charge in [0.25, 0.3) is 0 Å². The second-order valence-corrected chi connectivity index (χ2v) is 5.26. The molecule has 0 spiro atoms. The van der Waals surface area contributed by atoms with Gasteiger partial charge in [-0.3, -0.25) is 0 Å². The summed E-state index contributed by atoms with van der Waals surface area (Å²) in [5.74, 6) is 0.578. The van der Waals surface area contributed by atoms with Crippen LogP contribution in [0.5, 0.6) is 0 Å². The lowest BCUT2D eigenvalue weighted by molar-refractivity contribution is 0.0352. The number of furan rings is 1. The largest absolute Gasteiger partial charge is 0.466 e. The number of nitrogens with one attached hydrogen (secondary N) is 1. The number of hydrogen-bond donors (Lipinski definition) is 2. The van der Waals surface area contributed by atoms with Crippen LogP contribution in [0.4, 0.5) is 0 Å². The number of rotatable bonds is 6. The molecule has 0 saturated carbocycles. The molecular formula is C17H21NO2. The smallest absolute Gasteiger partial charge is 0.136 e. The highest BCUT2D eigenvalue weighted by Gasteiger charge is 2.25. The fraction of sp³-hybridized carbons (Fsp3) is 0.294. The summed E-state index contributed by atoms with van der Waals surface area (Å²) < 4.78 is 5.25. The molecule has 1 unspecified atom stereocenters. The van der Waals surface area contributed by atoms with Gasteiger partial charge in [0.2, 0.25) is 0 Å². The van der Waals surface area contributed by atoms with Crippen molar-refractivity contribution in [3.63, 3.8) is 0 Å². The van der Waals surface area contributed by atoms with E-state index in [1.807, 2.05) is 18.2 Å². The van der Waals surface area contributed by atoms with Gasteiger partial charge in [-0.15, -0.1) is 0 Å². The van der Waals surface area contributed by atoms with Gasteiger partial charge in [0.15, 0.2) is 0 Å². The third-order valence-corrected chi connectivity index (χ3v) is 3.14. The quantitative estimate of drug-likeness (QED) is 0.848. The average Bonchev–Trinajstić information content (AvgIpc) is 2.94. The highest BCUT2D eigenvalue weighted by molar-refractivity contribution is 5.52. The Balaban J connectivity index is 1.85. The lowest BCUT2D eigenvalue weighted by Gasteiger charge is -2.21. The van der Waals surface area contributed by atoms with Crippen molar-refractivity contribution in [3.05, 3.63) is 65.6 Å². The van der Waals surface area contributed by atoms with Crippen LogP contribution in [0, 0.1) is 0 Å². The normalized spacial score (nSPS) is 15.1. The summed E-state index contributed by atoms with van der Waals surface area (Å²) in [4.78, 5) is 0. The zero-order valence-corrected chi connectivity index (χ0v) is 12.0. The van der Waals surface area contributed by atoms with Crippen molar-refractivity contribution in [2.75, 3.05) is 13.1 Å². The van der Waals surface area contributed by atoms with Crippen molar-refractivity contribution >= 4 is 6.08 Å². The van der Waals surface area contributed by atoms with Crippen molar-refractivity contribution in [3.8, 4) is 0 Å². The third-order valence-electron chi connectivity index (χ3n) is 3.14. The second-order valence-electron chi connectivity index (χ2n) is 5.26. The predicted octanol–water partition coefficient (Wildman–Crippen LogP) is 3.18. The van der Waals surface area contributed by atoms with E-state index in [-0.39, 0.29) is 0 Å². The predicted molar refractivity (Wildman–Crippen MR) is 81.2 cm³/mol. The van der Waals surface area contributed by atoms with E-state index >= 15 is 0 Å². The molecule has 3 nitrogen and oxygen atoms in total. The van der Waals surface area contributed by atoms with Crippen LogP contribution in [0.15, 0.2) is 58.7 Å². The first kappa shape index (κ1) is 14.6. The molecule has 1 atom stereocenters. The average molecular weight is 271 g/mol. The van der Waals surface area contributed by atoms with Gasteiger partial charge in [-0.2, -0.15) is 0 Å². The molecule has 1 aromatic heterocycles. The summed E-state index contributed by atoms with van der Waals surface area (Å²) in [6.07, 6.45) is 3.71. The molecule has 2 aromatic rings. The maximum atomic E-state index is 10.3. The molecule has 0 radical (unpaired) electrons. The minimum atomic E-state index is -0.990. The Labute approximate surface area is 119 Å². The van der Waals surface area contributed by atoms with E-state index in [0.29, 0.717) is 12.3 Å². The second kappa shape index (κ2) is 6.55. The van der Waals surface area contributed by atoms with E-state index in [1.54, 1.807) is 25.3 Å². The minimum Gasteiger partial charge on any atom is -0.466 e. The van der Waals surface area contributed by atoms with Crippen molar-refractivity contribution in [1.82, 2.24) is 5.32 Å². The highest BCUT2D eigenvalue weighted by atomic mass is 16.4. The molecule has 3 heteroatoms. The topological polar surface area (TPSA) is 45.4 Å². The summed E-state index contributed by atoms with van der Waals surface area (Å²) in [7, 11) is 0. The van der Waals surface area contributed by atoms with E-state index in [1.165, 1.54) is 11.1 Å². The SMILES string of the molecule is CC(=Cc1ccccc1)CNCC(C)(O)c1ccco1. The van der Waals surface area contributed by atoms with Crippen molar-refractivity contribution in [1.29, 1.82) is 0 Å². The van der Waals surface area contributed by atoms with Crippen LogP contribution in [-0.4, -0.2) is 18.2 Å². The molecule has 0 aliphatic heterocycles. The van der Waals surface area contributed by atoms with Crippen LogP contribution >= 0.6 is 0 Å². The molecule has 1 heterocycles. The van der Waals surface area contributed by atoms with Gasteiger partial charge in [-0.1, -0.05) is 42.0 Å². The van der Waals surface area contributed by atoms with Crippen molar-refractivity contribution < 1.29 is 9.52 Å². The fourth-order valence-electron chi connectivity index (χ4n) is 2.06. The lowest BCUT2D eigenvalue weighted by atomic mass is 10.0. The van der Waals surface area contributed by atoms with Crippen molar-refractivity contribution in [2.45, 2.75) is 19.4 Å². The van der Waals surface area contributed by atoms with E-state index in [0.717, 1.165) is 6.54 Å². The van der Waals surface area contributed by atoms with E-state index in [2.05, 4.69) is 30.4 Å². The molecule has 0 saturated heterocycles. The van der Waals surface area contributed by atoms with Crippen LogP contribution < -0.4 is 5.32 Å². The van der Waals surface area contributed by atoms with E-state index < -0.39 is 5.60 Å². The zero-order chi connectivity index (χ0) is 14.4. The Morgan fingerprint density at radius 1 is 1.25 bits per heavy atom. The van der Waals surface area contributed by atoms with Crippen LogP contribution in [0.25, 0.3) is 6.08 Å². The summed E-state index contributed by atoms with van der Waals surface area (Å²) in [5.41, 5.74) is 1.41. The Morgan fingerprint density at radius 3 is 2.65 bits per heavy atom. The van der Waals surface area contributed by atoms with Gasteiger partial charge in [0.1, 0.15) is 11.4 Å². The number of hydrogen-bond acceptors (Lipinski definition) is 3. The van der Waals surface area contributed by atoms with Gasteiger partial charge in [0.05, 0.1) is 6.26 Å². The maximum absolute atomic E-state index is 10.3. The number of aliphatic hydroxyl groups is 1. The van der Waals surface area contributed by atoms with Gasteiger partial charge in [0, 0.05) is 13.1 Å². The molecule has 0 bridgehead atoms. The summed E-state index contributed by atoms with van der Waals surface area (Å²) in [5, 5.41) is 13.6. The highest BCUT2D eigenvalue weighted by Crippen LogP contribution is 2.19. The molecule has 2 N–H and O–H groups in total. The third kappa shape index (κ3) is 4.08. The van der Waals surface area contributed by atoms with Crippen LogP contribution in [-0.2, 0) is 5.60 Å². The Morgan fingerprint density at radius 2 is 2.00 bits per heavy atom. The monoisotopic (exact) mass is 271 g/mol. The van der Waals surface area contributed by atoms with Crippen LogP contribution in [0.3, 0.4) is 0 Å². The molecule has 0 aliphatic rings. The summed E-state index contributed by atoms with van der Waals surface area (Å²) in [6.45, 7) is 4.99. The molecule has 0 amide bonds. The van der Waals surface area contributed by atoms with E-state index in [9.17, 15) is 5.11 Å². The molecule has 20 heavy (non-hydrogen) atoms. The first-order valence-corrected chi connectivity index (χ1v) is 6.77. The standard InChI is InChI=1S/C17H21NO2/c1-14(11-15-7-4-3-5-8-15)12-18-13-17(2,19)16-9-6-10-20-16/h3-11,18-19H,12-13H2,1-2H3. The first-order valence-electron chi connectivity index (χ1n) is 6.77. The maximum Gasteiger partial charge on any atom is 0.136 e. The van der Waals surface area contributed by atoms with Gasteiger partial charge < -0.3 is 14.8 Å². The minimum absolute atomic E-state index is 0.445. The summed E-state index contributed by atoms with van der Waals surface area (Å²) in [6, 6.07) is 13.8.